The third-order valence-corrected chi connectivity index (χ3v) is 6.92. The largest absolute Gasteiger partial charge is 0.373 e. The maximum Gasteiger partial charge on any atom is 0.0602 e. The second kappa shape index (κ2) is 7.13. The van der Waals surface area contributed by atoms with Crippen LogP contribution in [0.4, 0.5) is 0 Å². The second-order valence-corrected chi connectivity index (χ2v) is 11.1. The number of likely N-dealkylation sites (tertiary alicyclic amines) is 2. The molecule has 3 rings (SSSR count). The summed E-state index contributed by atoms with van der Waals surface area (Å²) in [6, 6.07) is 0. The molecule has 0 atom stereocenters. The molecule has 2 saturated heterocycles. The molecule has 1 aliphatic carbocycles. The van der Waals surface area contributed by atoms with E-state index in [9.17, 15) is 0 Å². The van der Waals surface area contributed by atoms with Crippen LogP contribution < -0.4 is 0 Å². The molecule has 1 saturated carbocycles. The summed E-state index contributed by atoms with van der Waals surface area (Å²) in [5, 5.41) is 0. The van der Waals surface area contributed by atoms with Crippen molar-refractivity contribution in [1.82, 2.24) is 9.80 Å². The number of nitrogens with zero attached hydrogens (tertiary/aromatic N) is 2. The van der Waals surface area contributed by atoms with Crippen LogP contribution in [-0.4, -0.2) is 59.8 Å². The molecule has 0 aromatic rings. The first kappa shape index (κ1) is 19.6. The average molecular weight is 351 g/mol. The Kier molecular flexibility index (Phi) is 5.60. The molecule has 0 unspecified atom stereocenters. The van der Waals surface area contributed by atoms with Gasteiger partial charge in [0.25, 0.3) is 0 Å². The predicted molar refractivity (Wildman–Crippen MR) is 106 cm³/mol. The first-order valence-corrected chi connectivity index (χ1v) is 10.7. The highest BCUT2D eigenvalue weighted by molar-refractivity contribution is 4.94. The van der Waals surface area contributed by atoms with Gasteiger partial charge in [-0.3, -0.25) is 4.90 Å². The maximum absolute atomic E-state index is 6.10. The lowest BCUT2D eigenvalue weighted by atomic mass is 9.70. The molecule has 0 N–H and O–H groups in total. The van der Waals surface area contributed by atoms with E-state index in [2.05, 4.69) is 51.3 Å². The molecule has 1 spiro atoms. The fourth-order valence-electron chi connectivity index (χ4n) is 5.15. The van der Waals surface area contributed by atoms with E-state index in [-0.39, 0.29) is 5.60 Å². The number of rotatable bonds is 3. The molecule has 146 valence electrons. The topological polar surface area (TPSA) is 15.7 Å². The molecule has 0 bridgehead atoms. The van der Waals surface area contributed by atoms with Crippen molar-refractivity contribution in [2.24, 2.45) is 11.3 Å². The van der Waals surface area contributed by atoms with Crippen LogP contribution in [0.15, 0.2) is 0 Å². The molecule has 25 heavy (non-hydrogen) atoms. The Bertz CT molecular complexity index is 424. The molecule has 0 aromatic carbocycles. The van der Waals surface area contributed by atoms with Gasteiger partial charge in [0.05, 0.1) is 11.7 Å². The molecular formula is C22H42N2O. The van der Waals surface area contributed by atoms with Gasteiger partial charge in [0, 0.05) is 12.1 Å². The van der Waals surface area contributed by atoms with Crippen LogP contribution in [0.1, 0.15) is 80.1 Å². The summed E-state index contributed by atoms with van der Waals surface area (Å²) in [6.07, 6.45) is 8.77. The second-order valence-electron chi connectivity index (χ2n) is 11.1. The van der Waals surface area contributed by atoms with E-state index >= 15 is 0 Å². The van der Waals surface area contributed by atoms with Crippen molar-refractivity contribution in [2.45, 2.75) is 97.3 Å². The Morgan fingerprint density at radius 3 is 1.84 bits per heavy atom. The lowest BCUT2D eigenvalue weighted by molar-refractivity contribution is -0.117. The van der Waals surface area contributed by atoms with Crippen LogP contribution in [-0.2, 0) is 4.74 Å². The van der Waals surface area contributed by atoms with Crippen LogP contribution in [0.2, 0.25) is 0 Å². The van der Waals surface area contributed by atoms with Crippen molar-refractivity contribution in [3.8, 4) is 0 Å². The first-order chi connectivity index (χ1) is 11.5. The monoisotopic (exact) mass is 350 g/mol. The van der Waals surface area contributed by atoms with E-state index in [4.69, 9.17) is 4.74 Å². The Labute approximate surface area is 156 Å². The van der Waals surface area contributed by atoms with Crippen LogP contribution in [0.25, 0.3) is 0 Å². The zero-order valence-corrected chi connectivity index (χ0v) is 17.7. The molecule has 2 heterocycles. The third-order valence-electron chi connectivity index (χ3n) is 6.92. The highest BCUT2D eigenvalue weighted by atomic mass is 16.5. The quantitative estimate of drug-likeness (QED) is 0.742. The zero-order valence-electron chi connectivity index (χ0n) is 17.7. The smallest absolute Gasteiger partial charge is 0.0602 e. The van der Waals surface area contributed by atoms with Gasteiger partial charge in [-0.05, 0) is 118 Å². The van der Waals surface area contributed by atoms with Gasteiger partial charge >= 0.3 is 0 Å². The van der Waals surface area contributed by atoms with Gasteiger partial charge in [0.2, 0.25) is 0 Å². The zero-order chi connectivity index (χ0) is 18.3. The first-order valence-electron chi connectivity index (χ1n) is 10.7. The van der Waals surface area contributed by atoms with Gasteiger partial charge in [0.1, 0.15) is 0 Å². The van der Waals surface area contributed by atoms with Crippen LogP contribution in [0.5, 0.6) is 0 Å². The van der Waals surface area contributed by atoms with Gasteiger partial charge in [-0.2, -0.15) is 0 Å². The summed E-state index contributed by atoms with van der Waals surface area (Å²) in [5.74, 6) is 0.879. The van der Waals surface area contributed by atoms with Crippen molar-refractivity contribution in [2.75, 3.05) is 32.7 Å². The molecule has 3 fully saturated rings. The van der Waals surface area contributed by atoms with Crippen molar-refractivity contribution in [3.63, 3.8) is 0 Å². The minimum Gasteiger partial charge on any atom is -0.373 e. The molecule has 3 heteroatoms. The lowest BCUT2D eigenvalue weighted by Crippen LogP contribution is -2.52. The van der Waals surface area contributed by atoms with Gasteiger partial charge < -0.3 is 9.64 Å². The van der Waals surface area contributed by atoms with Crippen molar-refractivity contribution in [1.29, 1.82) is 0 Å². The maximum atomic E-state index is 6.10. The van der Waals surface area contributed by atoms with E-state index in [1.165, 1.54) is 71.2 Å². The molecule has 2 aliphatic heterocycles. The summed E-state index contributed by atoms with van der Waals surface area (Å²) in [5.41, 5.74) is 1.03. The Hall–Kier alpha value is -0.120. The van der Waals surface area contributed by atoms with Crippen molar-refractivity contribution in [3.05, 3.63) is 0 Å². The fourth-order valence-corrected chi connectivity index (χ4v) is 5.15. The minimum absolute atomic E-state index is 0.0229. The number of piperidine rings is 2. The van der Waals surface area contributed by atoms with E-state index in [1.54, 1.807) is 0 Å². The van der Waals surface area contributed by atoms with E-state index in [1.807, 2.05) is 0 Å². The number of ether oxygens (including phenoxy) is 1. The van der Waals surface area contributed by atoms with Crippen LogP contribution >= 0.6 is 0 Å². The molecule has 3 aliphatic rings. The van der Waals surface area contributed by atoms with E-state index in [0.717, 1.165) is 5.92 Å². The molecule has 0 aromatic heterocycles. The SMILES string of the molecule is CC(C)(C)OC1CC(CN2CCC3(CC2)CCN(C(C)(C)C)CC3)C1. The Morgan fingerprint density at radius 1 is 0.840 bits per heavy atom. The fraction of sp³-hybridized carbons (Fsp3) is 1.00. The highest BCUT2D eigenvalue weighted by Gasteiger charge is 2.41. The molecular weight excluding hydrogens is 308 g/mol. The molecule has 0 radical (unpaired) electrons. The highest BCUT2D eigenvalue weighted by Crippen LogP contribution is 2.43. The summed E-state index contributed by atoms with van der Waals surface area (Å²) in [7, 11) is 0. The van der Waals surface area contributed by atoms with E-state index < -0.39 is 0 Å². The van der Waals surface area contributed by atoms with Crippen LogP contribution in [0.3, 0.4) is 0 Å². The summed E-state index contributed by atoms with van der Waals surface area (Å²) >= 11 is 0. The number of hydrogen-bond donors (Lipinski definition) is 0. The van der Waals surface area contributed by atoms with Crippen LogP contribution in [0, 0.1) is 11.3 Å². The van der Waals surface area contributed by atoms with Crippen molar-refractivity contribution >= 4 is 0 Å². The van der Waals surface area contributed by atoms with E-state index in [0.29, 0.717) is 17.1 Å². The minimum atomic E-state index is 0.0229. The summed E-state index contributed by atoms with van der Waals surface area (Å²) in [4.78, 5) is 5.44. The average Bonchev–Trinajstić information content (AvgIpc) is 2.46. The standard InChI is InChI=1S/C22H42N2O/c1-20(2,3)24-13-9-22(10-14-24)7-11-23(12-8-22)17-18-15-19(16-18)25-21(4,5)6/h18-19H,7-17H2,1-6H3. The predicted octanol–water partition coefficient (Wildman–Crippen LogP) is 4.56. The van der Waals surface area contributed by atoms with Gasteiger partial charge in [-0.25, -0.2) is 0 Å². The lowest BCUT2D eigenvalue weighted by Gasteiger charge is -2.50. The Balaban J connectivity index is 1.36. The molecule has 0 amide bonds. The summed E-state index contributed by atoms with van der Waals surface area (Å²) < 4.78 is 6.10. The van der Waals surface area contributed by atoms with Gasteiger partial charge in [-0.1, -0.05) is 0 Å². The summed E-state index contributed by atoms with van der Waals surface area (Å²) in [6.45, 7) is 20.2. The normalized spacial score (nSPS) is 31.9. The van der Waals surface area contributed by atoms with Gasteiger partial charge in [0.15, 0.2) is 0 Å². The molecule has 3 nitrogen and oxygen atoms in total. The van der Waals surface area contributed by atoms with Crippen molar-refractivity contribution < 1.29 is 4.74 Å². The number of hydrogen-bond acceptors (Lipinski definition) is 3. The Morgan fingerprint density at radius 2 is 1.36 bits per heavy atom. The van der Waals surface area contributed by atoms with Gasteiger partial charge in [-0.15, -0.1) is 0 Å². The third kappa shape index (κ3) is 5.20.